The molecule has 0 saturated heterocycles. The second kappa shape index (κ2) is 6.70. The summed E-state index contributed by atoms with van der Waals surface area (Å²) in [6, 6.07) is 13.6. The van der Waals surface area contributed by atoms with Gasteiger partial charge in [-0.15, -0.1) is 0 Å². The van der Waals surface area contributed by atoms with E-state index < -0.39 is 6.03 Å². The van der Waals surface area contributed by atoms with Crippen LogP contribution in [0.5, 0.6) is 0 Å². The highest BCUT2D eigenvalue weighted by molar-refractivity contribution is 7.80. The summed E-state index contributed by atoms with van der Waals surface area (Å²) >= 11 is 16.8. The highest BCUT2D eigenvalue weighted by atomic mass is 35.5. The Morgan fingerprint density at radius 1 is 1.00 bits per heavy atom. The normalized spacial score (nSPS) is 9.90. The molecule has 0 aromatic heterocycles. The summed E-state index contributed by atoms with van der Waals surface area (Å²) in [6.45, 7) is 0. The highest BCUT2D eigenvalue weighted by Gasteiger charge is 2.07. The van der Waals surface area contributed by atoms with Gasteiger partial charge in [0.25, 0.3) is 0 Å². The lowest BCUT2D eigenvalue weighted by atomic mass is 10.2. The largest absolute Gasteiger partial charge is 0.324 e. The molecule has 0 heterocycles. The average Bonchev–Trinajstić information content (AvgIpc) is 2.44. The van der Waals surface area contributed by atoms with Crippen molar-refractivity contribution in [2.24, 2.45) is 0 Å². The number of carbonyl (C=O) groups excluding carboxylic acids is 1. The van der Waals surface area contributed by atoms with Crippen molar-refractivity contribution in [3.63, 3.8) is 0 Å². The minimum atomic E-state index is -0.433. The summed E-state index contributed by atoms with van der Waals surface area (Å²) in [5.41, 5.74) is 1.31. The van der Waals surface area contributed by atoms with Crippen LogP contribution in [-0.2, 0) is 0 Å². The van der Waals surface area contributed by atoms with Gasteiger partial charge in [0.2, 0.25) is 0 Å². The molecule has 3 nitrogen and oxygen atoms in total. The van der Waals surface area contributed by atoms with Gasteiger partial charge in [-0.05, 0) is 18.2 Å². The predicted molar refractivity (Wildman–Crippen MR) is 86.8 cm³/mol. The zero-order chi connectivity index (χ0) is 14.5. The van der Waals surface area contributed by atoms with Crippen LogP contribution in [0, 0.1) is 0 Å². The van der Waals surface area contributed by atoms with Gasteiger partial charge in [0, 0.05) is 11.3 Å². The Bertz CT molecular complexity index is 647. The van der Waals surface area contributed by atoms with Gasteiger partial charge in [-0.2, -0.15) is 0 Å². The lowest BCUT2D eigenvalue weighted by Crippen LogP contribution is -2.33. The molecule has 2 aromatic rings. The molecule has 2 rings (SSSR count). The molecule has 0 unspecified atom stereocenters. The summed E-state index contributed by atoms with van der Waals surface area (Å²) in [5.74, 6) is 0. The molecule has 0 bridgehead atoms. The number of anilines is 1. The molecular weight excluding hydrogens is 315 g/mol. The molecule has 0 spiro atoms. The molecular formula is C14H10Cl2N2OS. The number of carbonyl (C=O) groups is 1. The fourth-order valence-corrected chi connectivity index (χ4v) is 2.03. The fourth-order valence-electron chi connectivity index (χ4n) is 1.50. The van der Waals surface area contributed by atoms with Crippen molar-refractivity contribution < 1.29 is 4.79 Å². The van der Waals surface area contributed by atoms with Crippen LogP contribution < -0.4 is 10.6 Å². The first kappa shape index (κ1) is 14.8. The highest BCUT2D eigenvalue weighted by Crippen LogP contribution is 2.24. The van der Waals surface area contributed by atoms with Crippen LogP contribution in [0.2, 0.25) is 10.0 Å². The fraction of sp³-hybridized carbons (Fsp3) is 0. The number of urea groups is 1. The average molecular weight is 325 g/mol. The standard InChI is InChI=1S/C14H10Cl2N2OS/c15-11-7-6-10(8-12(11)16)17-14(19)18-13(20)9-4-2-1-3-5-9/h1-8H,(H2,17,18,19,20). The van der Waals surface area contributed by atoms with Gasteiger partial charge in [-0.1, -0.05) is 65.8 Å². The first-order valence-corrected chi connectivity index (χ1v) is 6.85. The third-order valence-electron chi connectivity index (χ3n) is 2.44. The lowest BCUT2D eigenvalue weighted by molar-refractivity contribution is 0.256. The van der Waals surface area contributed by atoms with Gasteiger partial charge in [-0.3, -0.25) is 5.32 Å². The Labute approximate surface area is 131 Å². The van der Waals surface area contributed by atoms with Crippen molar-refractivity contribution in [2.45, 2.75) is 0 Å². The maximum Gasteiger partial charge on any atom is 0.324 e. The van der Waals surface area contributed by atoms with Crippen LogP contribution in [0.25, 0.3) is 0 Å². The van der Waals surface area contributed by atoms with Crippen molar-refractivity contribution in [3.8, 4) is 0 Å². The molecule has 0 fully saturated rings. The monoisotopic (exact) mass is 324 g/mol. The number of benzene rings is 2. The van der Waals surface area contributed by atoms with Crippen LogP contribution in [0.4, 0.5) is 10.5 Å². The number of hydrogen-bond acceptors (Lipinski definition) is 2. The zero-order valence-corrected chi connectivity index (χ0v) is 12.5. The molecule has 102 valence electrons. The van der Waals surface area contributed by atoms with Crippen LogP contribution >= 0.6 is 35.4 Å². The van der Waals surface area contributed by atoms with E-state index in [0.717, 1.165) is 5.56 Å². The quantitative estimate of drug-likeness (QED) is 0.799. The molecule has 0 atom stereocenters. The molecule has 0 aliphatic rings. The number of nitrogens with one attached hydrogen (secondary N) is 2. The van der Waals surface area contributed by atoms with E-state index in [1.165, 1.54) is 0 Å². The first-order chi connectivity index (χ1) is 9.56. The SMILES string of the molecule is O=C(NC(=S)c1ccccc1)Nc1ccc(Cl)c(Cl)c1. The van der Waals surface area contributed by atoms with E-state index in [1.54, 1.807) is 18.2 Å². The Morgan fingerprint density at radius 2 is 1.70 bits per heavy atom. The summed E-state index contributed by atoms with van der Waals surface area (Å²) < 4.78 is 0. The first-order valence-electron chi connectivity index (χ1n) is 5.68. The summed E-state index contributed by atoms with van der Waals surface area (Å²) in [5, 5.41) is 6.01. The van der Waals surface area contributed by atoms with E-state index in [-0.39, 0.29) is 0 Å². The Kier molecular flexibility index (Phi) is 4.95. The molecule has 6 heteroatoms. The third-order valence-corrected chi connectivity index (χ3v) is 3.52. The maximum absolute atomic E-state index is 11.8. The van der Waals surface area contributed by atoms with E-state index in [4.69, 9.17) is 35.4 Å². The van der Waals surface area contributed by atoms with E-state index in [0.29, 0.717) is 20.7 Å². The van der Waals surface area contributed by atoms with Crippen LogP contribution in [0.1, 0.15) is 5.56 Å². The van der Waals surface area contributed by atoms with Crippen molar-refractivity contribution in [2.75, 3.05) is 5.32 Å². The minimum absolute atomic E-state index is 0.350. The van der Waals surface area contributed by atoms with Crippen molar-refractivity contribution in [1.82, 2.24) is 5.32 Å². The zero-order valence-electron chi connectivity index (χ0n) is 10.2. The number of halogens is 2. The van der Waals surface area contributed by atoms with Gasteiger partial charge < -0.3 is 5.32 Å². The number of hydrogen-bond donors (Lipinski definition) is 2. The van der Waals surface area contributed by atoms with Gasteiger partial charge in [0.15, 0.2) is 0 Å². The second-order valence-electron chi connectivity index (χ2n) is 3.90. The molecule has 20 heavy (non-hydrogen) atoms. The molecule has 0 aliphatic carbocycles. The second-order valence-corrected chi connectivity index (χ2v) is 5.13. The maximum atomic E-state index is 11.8. The third kappa shape index (κ3) is 3.93. The Morgan fingerprint density at radius 3 is 2.35 bits per heavy atom. The van der Waals surface area contributed by atoms with Gasteiger partial charge in [0.05, 0.1) is 10.0 Å². The number of thiocarbonyl (C=S) groups is 1. The molecule has 0 aliphatic heterocycles. The Hall–Kier alpha value is -1.62. The number of amides is 2. The van der Waals surface area contributed by atoms with E-state index >= 15 is 0 Å². The molecule has 2 amide bonds. The lowest BCUT2D eigenvalue weighted by Gasteiger charge is -2.09. The smallest absolute Gasteiger partial charge is 0.308 e. The predicted octanol–water partition coefficient (Wildman–Crippen LogP) is 4.49. The van der Waals surface area contributed by atoms with E-state index in [1.807, 2.05) is 30.3 Å². The van der Waals surface area contributed by atoms with Crippen LogP contribution in [0.15, 0.2) is 48.5 Å². The van der Waals surface area contributed by atoms with Crippen LogP contribution in [-0.4, -0.2) is 11.0 Å². The van der Waals surface area contributed by atoms with Gasteiger partial charge >= 0.3 is 6.03 Å². The van der Waals surface area contributed by atoms with Crippen molar-refractivity contribution in [1.29, 1.82) is 0 Å². The van der Waals surface area contributed by atoms with Crippen molar-refractivity contribution in [3.05, 3.63) is 64.1 Å². The summed E-state index contributed by atoms with van der Waals surface area (Å²) in [7, 11) is 0. The summed E-state index contributed by atoms with van der Waals surface area (Å²) in [6.07, 6.45) is 0. The number of rotatable bonds is 2. The molecule has 2 N–H and O–H groups in total. The minimum Gasteiger partial charge on any atom is -0.308 e. The summed E-state index contributed by atoms with van der Waals surface area (Å²) in [4.78, 5) is 12.2. The van der Waals surface area contributed by atoms with Gasteiger partial charge in [0.1, 0.15) is 4.99 Å². The topological polar surface area (TPSA) is 41.1 Å². The van der Waals surface area contributed by atoms with E-state index in [2.05, 4.69) is 10.6 Å². The molecule has 0 radical (unpaired) electrons. The molecule has 0 saturated carbocycles. The van der Waals surface area contributed by atoms with Gasteiger partial charge in [-0.25, -0.2) is 4.79 Å². The van der Waals surface area contributed by atoms with Crippen LogP contribution in [0.3, 0.4) is 0 Å². The van der Waals surface area contributed by atoms with E-state index in [9.17, 15) is 4.79 Å². The van der Waals surface area contributed by atoms with Crippen molar-refractivity contribution >= 4 is 52.1 Å². The molecule has 2 aromatic carbocycles. The Balaban J connectivity index is 1.99.